The van der Waals surface area contributed by atoms with Crippen LogP contribution in [0.1, 0.15) is 71.8 Å². The molecule has 1 aromatic carbocycles. The third-order valence-electron chi connectivity index (χ3n) is 8.19. The number of nitrogens with two attached hydrogens (primary N) is 3. The first-order chi connectivity index (χ1) is 24.0. The first-order valence-corrected chi connectivity index (χ1v) is 17.1. The Morgan fingerprint density at radius 2 is 1.31 bits per heavy atom. The second kappa shape index (κ2) is 20.6. The fourth-order valence-corrected chi connectivity index (χ4v) is 5.24. The molecule has 17 heteroatoms. The summed E-state index contributed by atoms with van der Waals surface area (Å²) in [5.74, 6) is -5.52. The number of benzene rings is 1. The molecule has 0 fully saturated rings. The van der Waals surface area contributed by atoms with E-state index in [2.05, 4.69) is 31.6 Å². The lowest BCUT2D eigenvalue weighted by atomic mass is 10.0. The van der Waals surface area contributed by atoms with Crippen LogP contribution >= 0.6 is 0 Å². The third-order valence-corrected chi connectivity index (χ3v) is 8.19. The van der Waals surface area contributed by atoms with Crippen LogP contribution in [0.25, 0.3) is 10.9 Å². The van der Waals surface area contributed by atoms with Crippen LogP contribution in [0.5, 0.6) is 0 Å². The van der Waals surface area contributed by atoms with E-state index in [1.165, 1.54) is 13.8 Å². The van der Waals surface area contributed by atoms with Gasteiger partial charge >= 0.3 is 5.97 Å². The maximum absolute atomic E-state index is 13.4. The summed E-state index contributed by atoms with van der Waals surface area (Å²) in [5, 5.41) is 22.9. The molecule has 51 heavy (non-hydrogen) atoms. The van der Waals surface area contributed by atoms with Crippen molar-refractivity contribution in [2.24, 2.45) is 23.1 Å². The van der Waals surface area contributed by atoms with E-state index < -0.39 is 84.1 Å². The molecule has 2 rings (SSSR count). The predicted molar refractivity (Wildman–Crippen MR) is 189 cm³/mol. The maximum atomic E-state index is 13.4. The van der Waals surface area contributed by atoms with E-state index in [9.17, 15) is 38.7 Å². The van der Waals surface area contributed by atoms with Gasteiger partial charge in [0.2, 0.25) is 35.4 Å². The van der Waals surface area contributed by atoms with E-state index in [-0.39, 0.29) is 31.6 Å². The number of aromatic nitrogens is 1. The number of aromatic amines is 1. The standard InChI is InChI=1S/C34H53N9O8/c1-18(2)15-27(34(51)39-19(3)29(37)46)43-33(50)25(11-7-8-14-35)41-30(47)20(4)40-32(49)26(12-13-28(44)45)42-31(48)23(36)16-21-17-38-24-10-6-5-9-22(21)24/h5-6,9-10,17-20,23,25-27,38H,7-8,11-16,35-36H2,1-4H3,(H2,37,46)(H,39,51)(H,40,49)(H,41,47)(H,42,48)(H,43,50)(H,44,45)/t19-,20-,23-,25-,26-,27?/m0/s1. The zero-order valence-corrected chi connectivity index (χ0v) is 29.6. The Hall–Kier alpha value is -5.03. The van der Waals surface area contributed by atoms with Crippen molar-refractivity contribution in [2.45, 2.75) is 109 Å². The highest BCUT2D eigenvalue weighted by molar-refractivity contribution is 5.96. The summed E-state index contributed by atoms with van der Waals surface area (Å²) >= 11 is 0. The summed E-state index contributed by atoms with van der Waals surface area (Å²) in [5.41, 5.74) is 18.7. The number of para-hydroxylation sites is 1. The highest BCUT2D eigenvalue weighted by Crippen LogP contribution is 2.19. The van der Waals surface area contributed by atoms with Crippen molar-refractivity contribution in [2.75, 3.05) is 6.54 Å². The lowest BCUT2D eigenvalue weighted by Gasteiger charge is -2.26. The number of carbonyl (C=O) groups excluding carboxylic acids is 6. The number of hydrogen-bond acceptors (Lipinski definition) is 9. The lowest BCUT2D eigenvalue weighted by Crippen LogP contribution is -2.59. The van der Waals surface area contributed by atoms with Gasteiger partial charge in [0.25, 0.3) is 0 Å². The van der Waals surface area contributed by atoms with Gasteiger partial charge in [-0.05, 0) is 76.5 Å². The number of carbonyl (C=O) groups is 7. The van der Waals surface area contributed by atoms with Gasteiger partial charge in [-0.2, -0.15) is 0 Å². The number of nitrogens with one attached hydrogen (secondary N) is 6. The van der Waals surface area contributed by atoms with Gasteiger partial charge in [-0.1, -0.05) is 32.0 Å². The summed E-state index contributed by atoms with van der Waals surface area (Å²) in [7, 11) is 0. The number of amides is 6. The highest BCUT2D eigenvalue weighted by Gasteiger charge is 2.31. The quantitative estimate of drug-likeness (QED) is 0.0665. The average Bonchev–Trinajstić information content (AvgIpc) is 3.47. The van der Waals surface area contributed by atoms with Gasteiger partial charge in [-0.15, -0.1) is 0 Å². The van der Waals surface area contributed by atoms with Crippen LogP contribution in [-0.4, -0.2) is 94.3 Å². The molecule has 1 aromatic heterocycles. The number of primary amides is 1. The Morgan fingerprint density at radius 3 is 1.94 bits per heavy atom. The van der Waals surface area contributed by atoms with Crippen molar-refractivity contribution in [1.82, 2.24) is 31.6 Å². The van der Waals surface area contributed by atoms with E-state index in [0.717, 1.165) is 16.5 Å². The van der Waals surface area contributed by atoms with E-state index >= 15 is 0 Å². The Balaban J connectivity index is 2.13. The molecule has 1 heterocycles. The molecule has 13 N–H and O–H groups in total. The molecule has 0 saturated carbocycles. The Bertz CT molecular complexity index is 1530. The van der Waals surface area contributed by atoms with Gasteiger partial charge in [0.05, 0.1) is 6.04 Å². The molecule has 0 spiro atoms. The van der Waals surface area contributed by atoms with Crippen LogP contribution < -0.4 is 43.8 Å². The van der Waals surface area contributed by atoms with Gasteiger partial charge in [0.15, 0.2) is 0 Å². The van der Waals surface area contributed by atoms with Crippen molar-refractivity contribution in [1.29, 1.82) is 0 Å². The van der Waals surface area contributed by atoms with E-state index in [0.29, 0.717) is 19.4 Å². The predicted octanol–water partition coefficient (Wildman–Crippen LogP) is -0.973. The monoisotopic (exact) mass is 715 g/mol. The molecule has 282 valence electrons. The summed E-state index contributed by atoms with van der Waals surface area (Å²) in [4.78, 5) is 91.9. The molecule has 17 nitrogen and oxygen atoms in total. The zero-order valence-electron chi connectivity index (χ0n) is 29.6. The molecular formula is C34H53N9O8. The molecule has 0 radical (unpaired) electrons. The van der Waals surface area contributed by atoms with E-state index in [1.54, 1.807) is 6.20 Å². The van der Waals surface area contributed by atoms with Crippen LogP contribution in [-0.2, 0) is 40.0 Å². The fourth-order valence-electron chi connectivity index (χ4n) is 5.24. The van der Waals surface area contributed by atoms with Gasteiger partial charge in [0.1, 0.15) is 30.2 Å². The number of rotatable bonds is 22. The van der Waals surface area contributed by atoms with Gasteiger partial charge < -0.3 is 53.9 Å². The zero-order chi connectivity index (χ0) is 38.2. The summed E-state index contributed by atoms with van der Waals surface area (Å²) in [6.45, 7) is 6.81. The second-order valence-electron chi connectivity index (χ2n) is 13.1. The largest absolute Gasteiger partial charge is 0.481 e. The molecule has 6 atom stereocenters. The first-order valence-electron chi connectivity index (χ1n) is 17.1. The highest BCUT2D eigenvalue weighted by atomic mass is 16.4. The SMILES string of the molecule is CC(C)CC(NC(=O)[C@H](CCCCN)NC(=O)[C@H](C)NC(=O)[C@H](CCC(=O)O)NC(=O)[C@@H](N)Cc1c[nH]c2ccccc12)C(=O)N[C@@H](C)C(N)=O. The van der Waals surface area contributed by atoms with Crippen molar-refractivity contribution in [3.05, 3.63) is 36.0 Å². The third kappa shape index (κ3) is 14.0. The first kappa shape index (κ1) is 42.1. The Morgan fingerprint density at radius 1 is 0.745 bits per heavy atom. The molecule has 6 amide bonds. The van der Waals surface area contributed by atoms with Crippen LogP contribution in [0.15, 0.2) is 30.5 Å². The van der Waals surface area contributed by atoms with Crippen molar-refractivity contribution in [3.63, 3.8) is 0 Å². The minimum atomic E-state index is -1.33. The number of carboxylic acid groups (broad SMARTS) is 1. The Labute approximate surface area is 297 Å². The molecule has 0 saturated heterocycles. The van der Waals surface area contributed by atoms with Crippen LogP contribution in [0.3, 0.4) is 0 Å². The van der Waals surface area contributed by atoms with Crippen molar-refractivity contribution >= 4 is 52.3 Å². The molecule has 0 aliphatic rings. The van der Waals surface area contributed by atoms with Crippen LogP contribution in [0.4, 0.5) is 0 Å². The number of carboxylic acids is 1. The fraction of sp³-hybridized carbons (Fsp3) is 0.559. The molecule has 0 aliphatic carbocycles. The van der Waals surface area contributed by atoms with Crippen LogP contribution in [0, 0.1) is 5.92 Å². The number of H-pyrrole nitrogens is 1. The number of aliphatic carboxylic acids is 1. The van der Waals surface area contributed by atoms with Gasteiger partial charge in [-0.25, -0.2) is 0 Å². The number of fused-ring (bicyclic) bond motifs is 1. The van der Waals surface area contributed by atoms with E-state index in [1.807, 2.05) is 38.1 Å². The number of unbranched alkanes of at least 4 members (excludes halogenated alkanes) is 1. The average molecular weight is 716 g/mol. The smallest absolute Gasteiger partial charge is 0.303 e. The Kier molecular flexibility index (Phi) is 17.0. The van der Waals surface area contributed by atoms with Crippen LogP contribution in [0.2, 0.25) is 0 Å². The number of hydrogen-bond donors (Lipinski definition) is 10. The second-order valence-corrected chi connectivity index (χ2v) is 13.1. The maximum Gasteiger partial charge on any atom is 0.303 e. The lowest BCUT2D eigenvalue weighted by molar-refractivity contribution is -0.138. The molecule has 2 aromatic rings. The van der Waals surface area contributed by atoms with Crippen molar-refractivity contribution < 1.29 is 38.7 Å². The molecular weight excluding hydrogens is 662 g/mol. The molecule has 0 aliphatic heterocycles. The van der Waals surface area contributed by atoms with E-state index in [4.69, 9.17) is 17.2 Å². The van der Waals surface area contributed by atoms with Gasteiger partial charge in [0, 0.05) is 23.5 Å². The van der Waals surface area contributed by atoms with Gasteiger partial charge in [-0.3, -0.25) is 33.6 Å². The molecule has 1 unspecified atom stereocenters. The summed E-state index contributed by atoms with van der Waals surface area (Å²) in [6, 6.07) is 0.696. The minimum absolute atomic E-state index is 0.0249. The summed E-state index contributed by atoms with van der Waals surface area (Å²) < 4.78 is 0. The summed E-state index contributed by atoms with van der Waals surface area (Å²) in [6.07, 6.45) is 2.53. The topological polar surface area (TPSA) is 294 Å². The minimum Gasteiger partial charge on any atom is -0.481 e. The van der Waals surface area contributed by atoms with Crippen molar-refractivity contribution in [3.8, 4) is 0 Å². The normalized spacial score (nSPS) is 14.7. The molecule has 0 bridgehead atoms.